The number of nitro groups is 1. The van der Waals surface area contributed by atoms with Gasteiger partial charge in [-0.1, -0.05) is 30.3 Å². The smallest absolute Gasteiger partial charge is 0.335 e. The molecule has 0 bridgehead atoms. The van der Waals surface area contributed by atoms with Crippen LogP contribution in [0.15, 0.2) is 103 Å². The van der Waals surface area contributed by atoms with Crippen LogP contribution in [0.3, 0.4) is 0 Å². The number of anilines is 1. The minimum atomic E-state index is -1.03. The van der Waals surface area contributed by atoms with Crippen molar-refractivity contribution in [1.29, 1.82) is 0 Å². The second-order valence-electron chi connectivity index (χ2n) is 7.99. The van der Waals surface area contributed by atoms with E-state index >= 15 is 0 Å². The van der Waals surface area contributed by atoms with Crippen LogP contribution in [0.4, 0.5) is 11.4 Å². The summed E-state index contributed by atoms with van der Waals surface area (Å²) < 4.78 is 0. The standard InChI is InChI=1S/C28H18N2O5S/c31-27-21(16-24-14-15-26(36-24)19-6-12-23(13-7-19)30(34)35)17-25(18-4-2-1-3-5-18)29(27)22-10-8-20(9-11-22)28(32)33/h1-17H,(H,32,33)/b21-16+. The summed E-state index contributed by atoms with van der Waals surface area (Å²) >= 11 is 1.48. The molecule has 36 heavy (non-hydrogen) atoms. The van der Waals surface area contributed by atoms with Crippen LogP contribution in [0.1, 0.15) is 20.8 Å². The zero-order valence-corrected chi connectivity index (χ0v) is 19.5. The number of carbonyl (C=O) groups is 2. The molecule has 2 heterocycles. The third-order valence-electron chi connectivity index (χ3n) is 5.71. The second-order valence-corrected chi connectivity index (χ2v) is 9.11. The lowest BCUT2D eigenvalue weighted by atomic mass is 10.1. The van der Waals surface area contributed by atoms with E-state index in [9.17, 15) is 24.8 Å². The fraction of sp³-hybridized carbons (Fsp3) is 0. The van der Waals surface area contributed by atoms with Crippen LogP contribution in [0.5, 0.6) is 0 Å². The first-order chi connectivity index (χ1) is 17.4. The maximum absolute atomic E-state index is 13.5. The summed E-state index contributed by atoms with van der Waals surface area (Å²) in [5.41, 5.74) is 3.65. The van der Waals surface area contributed by atoms with Crippen LogP contribution < -0.4 is 4.90 Å². The number of rotatable bonds is 6. The van der Waals surface area contributed by atoms with Gasteiger partial charge in [0.2, 0.25) is 0 Å². The van der Waals surface area contributed by atoms with Gasteiger partial charge in [0.1, 0.15) is 0 Å². The molecule has 8 heteroatoms. The van der Waals surface area contributed by atoms with Crippen LogP contribution in [-0.2, 0) is 4.79 Å². The van der Waals surface area contributed by atoms with Gasteiger partial charge >= 0.3 is 5.97 Å². The van der Waals surface area contributed by atoms with Gasteiger partial charge in [-0.25, -0.2) is 4.79 Å². The number of carboxylic acid groups (broad SMARTS) is 1. The number of hydrogen-bond acceptors (Lipinski definition) is 5. The van der Waals surface area contributed by atoms with Gasteiger partial charge in [-0.2, -0.15) is 0 Å². The average Bonchev–Trinajstić information content (AvgIpc) is 3.49. The summed E-state index contributed by atoms with van der Waals surface area (Å²) in [6.07, 6.45) is 3.64. The van der Waals surface area contributed by atoms with Gasteiger partial charge < -0.3 is 5.11 Å². The highest BCUT2D eigenvalue weighted by Crippen LogP contribution is 2.37. The molecule has 1 aliphatic heterocycles. The highest BCUT2D eigenvalue weighted by molar-refractivity contribution is 7.16. The normalized spacial score (nSPS) is 14.2. The van der Waals surface area contributed by atoms with E-state index in [0.717, 1.165) is 20.9 Å². The van der Waals surface area contributed by atoms with E-state index in [-0.39, 0.29) is 17.2 Å². The summed E-state index contributed by atoms with van der Waals surface area (Å²) in [5.74, 6) is -1.25. The van der Waals surface area contributed by atoms with Crippen molar-refractivity contribution in [3.63, 3.8) is 0 Å². The Balaban J connectivity index is 1.50. The number of carboxylic acids is 1. The molecule has 5 rings (SSSR count). The molecule has 0 spiro atoms. The SMILES string of the molecule is O=C(O)c1ccc(N2C(=O)/C(=C/c3ccc(-c4ccc([N+](=O)[O-])cc4)s3)C=C2c2ccccc2)cc1. The first-order valence-electron chi connectivity index (χ1n) is 10.9. The number of non-ortho nitro benzene ring substituents is 1. The summed E-state index contributed by atoms with van der Waals surface area (Å²) in [7, 11) is 0. The molecule has 0 unspecified atom stereocenters. The lowest BCUT2D eigenvalue weighted by molar-refractivity contribution is -0.384. The summed E-state index contributed by atoms with van der Waals surface area (Å²) in [6.45, 7) is 0. The van der Waals surface area contributed by atoms with Gasteiger partial charge in [-0.05, 0) is 71.8 Å². The zero-order chi connectivity index (χ0) is 25.2. The van der Waals surface area contributed by atoms with Gasteiger partial charge in [0.05, 0.1) is 16.2 Å². The summed E-state index contributed by atoms with van der Waals surface area (Å²) in [4.78, 5) is 38.6. The van der Waals surface area contributed by atoms with E-state index in [4.69, 9.17) is 0 Å². The third kappa shape index (κ3) is 4.45. The minimum absolute atomic E-state index is 0.0317. The van der Waals surface area contributed by atoms with E-state index in [2.05, 4.69) is 0 Å². The molecule has 1 aromatic heterocycles. The molecule has 7 nitrogen and oxygen atoms in total. The molecule has 0 radical (unpaired) electrons. The fourth-order valence-electron chi connectivity index (χ4n) is 3.93. The first-order valence-corrected chi connectivity index (χ1v) is 11.7. The van der Waals surface area contributed by atoms with Gasteiger partial charge in [0.25, 0.3) is 11.6 Å². The van der Waals surface area contributed by atoms with Gasteiger partial charge in [-0.3, -0.25) is 19.8 Å². The van der Waals surface area contributed by atoms with E-state index in [1.807, 2.05) is 54.6 Å². The van der Waals surface area contributed by atoms with Crippen LogP contribution in [-0.4, -0.2) is 21.9 Å². The van der Waals surface area contributed by atoms with Gasteiger partial charge in [0.15, 0.2) is 0 Å². The van der Waals surface area contributed by atoms with Crippen LogP contribution in [0, 0.1) is 10.1 Å². The fourth-order valence-corrected chi connectivity index (χ4v) is 4.90. The van der Waals surface area contributed by atoms with Crippen molar-refractivity contribution >= 4 is 46.4 Å². The molecule has 0 aliphatic carbocycles. The second kappa shape index (κ2) is 9.44. The Morgan fingerprint density at radius 1 is 0.889 bits per heavy atom. The molecule has 0 fully saturated rings. The Morgan fingerprint density at radius 2 is 1.58 bits per heavy atom. The van der Waals surface area contributed by atoms with Crippen molar-refractivity contribution in [2.45, 2.75) is 0 Å². The monoisotopic (exact) mass is 494 g/mol. The maximum atomic E-state index is 13.5. The minimum Gasteiger partial charge on any atom is -0.478 e. The molecule has 1 aliphatic rings. The van der Waals surface area contributed by atoms with E-state index < -0.39 is 10.9 Å². The molecule has 176 valence electrons. The number of carbonyl (C=O) groups excluding carboxylic acids is 1. The Hall–Kier alpha value is -4.82. The molecular formula is C28H18N2O5S. The predicted octanol–water partition coefficient (Wildman–Crippen LogP) is 6.49. The van der Waals surface area contributed by atoms with Crippen molar-refractivity contribution < 1.29 is 19.6 Å². The number of nitrogens with zero attached hydrogens (tertiary/aromatic N) is 2. The molecule has 0 atom stereocenters. The van der Waals surface area contributed by atoms with E-state index in [1.165, 1.54) is 35.6 Å². The number of aromatic carboxylic acids is 1. The third-order valence-corrected chi connectivity index (χ3v) is 6.79. The van der Waals surface area contributed by atoms with Crippen LogP contribution in [0.2, 0.25) is 0 Å². The van der Waals surface area contributed by atoms with Gasteiger partial charge in [0, 0.05) is 33.1 Å². The number of amides is 1. The van der Waals surface area contributed by atoms with Crippen molar-refractivity contribution in [2.24, 2.45) is 0 Å². The molecule has 3 aromatic carbocycles. The molecule has 0 saturated heterocycles. The van der Waals surface area contributed by atoms with Crippen molar-refractivity contribution in [3.05, 3.63) is 129 Å². The van der Waals surface area contributed by atoms with Crippen molar-refractivity contribution in [2.75, 3.05) is 4.90 Å². The lowest BCUT2D eigenvalue weighted by Gasteiger charge is -2.21. The number of hydrogen-bond donors (Lipinski definition) is 1. The molecular weight excluding hydrogens is 476 g/mol. The average molecular weight is 495 g/mol. The highest BCUT2D eigenvalue weighted by Gasteiger charge is 2.30. The van der Waals surface area contributed by atoms with Crippen LogP contribution >= 0.6 is 11.3 Å². The quantitative estimate of drug-likeness (QED) is 0.187. The van der Waals surface area contributed by atoms with E-state index in [1.54, 1.807) is 29.2 Å². The Morgan fingerprint density at radius 3 is 2.22 bits per heavy atom. The molecule has 0 saturated carbocycles. The number of benzene rings is 3. The zero-order valence-electron chi connectivity index (χ0n) is 18.7. The number of thiophene rings is 1. The largest absolute Gasteiger partial charge is 0.478 e. The van der Waals surface area contributed by atoms with Crippen LogP contribution in [0.25, 0.3) is 22.2 Å². The predicted molar refractivity (Wildman–Crippen MR) is 140 cm³/mol. The first kappa shape index (κ1) is 22.9. The highest BCUT2D eigenvalue weighted by atomic mass is 32.1. The summed E-state index contributed by atoms with van der Waals surface area (Å²) in [6, 6.07) is 25.9. The molecule has 1 amide bonds. The Kier molecular flexibility index (Phi) is 6.02. The molecule has 1 N–H and O–H groups in total. The van der Waals surface area contributed by atoms with Crippen molar-refractivity contribution in [3.8, 4) is 10.4 Å². The number of nitro benzene ring substituents is 1. The molecule has 4 aromatic rings. The Bertz CT molecular complexity index is 1540. The summed E-state index contributed by atoms with van der Waals surface area (Å²) in [5, 5.41) is 20.1. The Labute approximate surface area is 210 Å². The van der Waals surface area contributed by atoms with Crippen molar-refractivity contribution in [1.82, 2.24) is 0 Å². The maximum Gasteiger partial charge on any atom is 0.335 e. The topological polar surface area (TPSA) is 101 Å². The van der Waals surface area contributed by atoms with E-state index in [0.29, 0.717) is 17.0 Å². The lowest BCUT2D eigenvalue weighted by Crippen LogP contribution is -2.25. The van der Waals surface area contributed by atoms with Gasteiger partial charge in [-0.15, -0.1) is 11.3 Å².